The van der Waals surface area contributed by atoms with Crippen LogP contribution in [0.25, 0.3) is 0 Å². The van der Waals surface area contributed by atoms with E-state index >= 15 is 0 Å². The molecule has 20 atom stereocenters. The van der Waals surface area contributed by atoms with Crippen molar-refractivity contribution in [3.63, 3.8) is 0 Å². The highest BCUT2D eigenvalue weighted by atomic mass is 16.7. The van der Waals surface area contributed by atoms with E-state index in [4.69, 9.17) is 47.4 Å². The van der Waals surface area contributed by atoms with Crippen molar-refractivity contribution in [2.75, 3.05) is 27.4 Å². The maximum absolute atomic E-state index is 14.4. The number of aliphatic hydroxyl groups excluding tert-OH is 1. The molecule has 1 spiro atoms. The van der Waals surface area contributed by atoms with Gasteiger partial charge in [-0.25, -0.2) is 4.79 Å². The Morgan fingerprint density at radius 3 is 2.37 bits per heavy atom. The van der Waals surface area contributed by atoms with E-state index in [1.807, 2.05) is 45.9 Å². The molecule has 382 valence electrons. The zero-order chi connectivity index (χ0) is 49.1. The second kappa shape index (κ2) is 22.6. The van der Waals surface area contributed by atoms with E-state index in [1.54, 1.807) is 33.3 Å². The molecule has 0 unspecified atom stereocenters. The van der Waals surface area contributed by atoms with E-state index in [2.05, 4.69) is 50.5 Å². The maximum Gasteiger partial charge on any atom is 0.316 e. The Morgan fingerprint density at radius 2 is 1.65 bits per heavy atom. The molecule has 68 heavy (non-hydrogen) atoms. The Labute approximate surface area is 403 Å². The van der Waals surface area contributed by atoms with Gasteiger partial charge in [0.25, 0.3) is 0 Å². The van der Waals surface area contributed by atoms with Crippen molar-refractivity contribution in [2.24, 2.45) is 23.7 Å². The molecule has 2 amide bonds. The summed E-state index contributed by atoms with van der Waals surface area (Å²) in [6, 6.07) is -0.637. The molecule has 0 aromatic carbocycles. The van der Waals surface area contributed by atoms with E-state index in [0.29, 0.717) is 43.4 Å². The first-order chi connectivity index (χ1) is 32.4. The molecule has 0 saturated carbocycles. The van der Waals surface area contributed by atoms with Gasteiger partial charge in [-0.15, -0.1) is 0 Å². The number of hydrogen-bond acceptors (Lipinski definition) is 14. The molecule has 4 saturated heterocycles. The number of methoxy groups -OCH3 is 2. The number of rotatable bonds is 11. The summed E-state index contributed by atoms with van der Waals surface area (Å²) < 4.78 is 64.7. The van der Waals surface area contributed by atoms with Crippen molar-refractivity contribution in [3.8, 4) is 0 Å². The summed E-state index contributed by atoms with van der Waals surface area (Å²) in [6.45, 7) is 18.8. The van der Waals surface area contributed by atoms with Gasteiger partial charge in [-0.2, -0.15) is 0 Å². The summed E-state index contributed by atoms with van der Waals surface area (Å²) in [6.07, 6.45) is 10.1. The molecule has 6 aliphatic heterocycles. The lowest BCUT2D eigenvalue weighted by molar-refractivity contribution is -0.311. The Bertz CT molecular complexity index is 1900. The quantitative estimate of drug-likeness (QED) is 0.137. The molecule has 16 heteroatoms. The fourth-order valence-corrected chi connectivity index (χ4v) is 11.2. The van der Waals surface area contributed by atoms with Crippen LogP contribution in [0.5, 0.6) is 0 Å². The molecule has 0 aromatic rings. The summed E-state index contributed by atoms with van der Waals surface area (Å²) in [5, 5.41) is 29.7. The van der Waals surface area contributed by atoms with E-state index in [1.165, 1.54) is 0 Å². The molecule has 2 bridgehead atoms. The third kappa shape index (κ3) is 11.4. The third-order valence-electron chi connectivity index (χ3n) is 15.4. The zero-order valence-corrected chi connectivity index (χ0v) is 42.1. The number of aliphatic hydroxyl groups is 2. The van der Waals surface area contributed by atoms with Gasteiger partial charge < -0.3 is 68.2 Å². The molecule has 7 rings (SSSR count). The minimum atomic E-state index is -1.85. The van der Waals surface area contributed by atoms with Gasteiger partial charge in [-0.1, -0.05) is 77.5 Å². The summed E-state index contributed by atoms with van der Waals surface area (Å²) in [5.74, 6) is -2.62. The number of amides is 2. The molecule has 6 heterocycles. The number of ether oxygens (including phenoxy) is 10. The number of hydrogen-bond donors (Lipinski definition) is 4. The topological polar surface area (TPSA) is 191 Å². The lowest BCUT2D eigenvalue weighted by atomic mass is 9.71. The van der Waals surface area contributed by atoms with Crippen molar-refractivity contribution < 1.29 is 67.2 Å². The van der Waals surface area contributed by atoms with E-state index in [-0.39, 0.29) is 55.1 Å². The first-order valence-electron chi connectivity index (χ1n) is 25.2. The molecule has 4 fully saturated rings. The lowest BCUT2D eigenvalue weighted by Gasteiger charge is -2.48. The van der Waals surface area contributed by atoms with Crippen molar-refractivity contribution in [1.82, 2.24) is 10.6 Å². The van der Waals surface area contributed by atoms with Gasteiger partial charge in [-0.05, 0) is 69.2 Å². The molecule has 0 aromatic heterocycles. The fourth-order valence-electron chi connectivity index (χ4n) is 11.2. The molecule has 7 aliphatic rings. The molecular formula is C52H80N2O14. The van der Waals surface area contributed by atoms with Crippen molar-refractivity contribution in [3.05, 3.63) is 59.3 Å². The van der Waals surface area contributed by atoms with Crippen LogP contribution in [0.2, 0.25) is 0 Å². The highest BCUT2D eigenvalue weighted by molar-refractivity contribution is 5.78. The summed E-state index contributed by atoms with van der Waals surface area (Å²) in [5.41, 5.74) is 0.108. The number of urea groups is 1. The van der Waals surface area contributed by atoms with Crippen LogP contribution >= 0.6 is 0 Å². The predicted molar refractivity (Wildman–Crippen MR) is 252 cm³/mol. The second-order valence-corrected chi connectivity index (χ2v) is 20.4. The lowest BCUT2D eigenvalue weighted by Crippen LogP contribution is -2.60. The number of allylic oxidation sites excluding steroid dienone is 2. The largest absolute Gasteiger partial charge is 0.462 e. The number of esters is 1. The Morgan fingerprint density at radius 1 is 0.926 bits per heavy atom. The molecule has 4 N–H and O–H groups in total. The maximum atomic E-state index is 14.4. The minimum absolute atomic E-state index is 0.0248. The predicted octanol–water partition coefficient (Wildman–Crippen LogP) is 6.09. The Balaban J connectivity index is 1.13. The van der Waals surface area contributed by atoms with Crippen molar-refractivity contribution in [2.45, 2.75) is 204 Å². The van der Waals surface area contributed by atoms with Crippen LogP contribution in [0.4, 0.5) is 4.79 Å². The minimum Gasteiger partial charge on any atom is -0.462 e. The van der Waals surface area contributed by atoms with E-state index < -0.39 is 90.8 Å². The number of carbonyl (C=O) groups excluding carboxylic acids is 2. The van der Waals surface area contributed by atoms with Gasteiger partial charge in [-0.3, -0.25) is 4.79 Å². The van der Waals surface area contributed by atoms with Gasteiger partial charge in [0.05, 0.1) is 55.4 Å². The van der Waals surface area contributed by atoms with Crippen molar-refractivity contribution in [1.29, 1.82) is 0 Å². The zero-order valence-electron chi connectivity index (χ0n) is 42.1. The first-order valence-corrected chi connectivity index (χ1v) is 25.2. The van der Waals surface area contributed by atoms with Gasteiger partial charge in [0.15, 0.2) is 18.4 Å². The SMILES string of the molecule is CCCNC(=O)N[C@@H]1[C@H](C)O[C@@H](O[C@H]2[C@H](C)O[C@@H](O[C@@H]3/C(C)=C/C[C@@H]4C[C@@H](C[C@]5(C=C[C@H](C)[C@@H]([C@@H](C)CC)O5)O4)OC(=O)[C@@H]4C=C(C)[C@@H](O)[C@H]5OC/C(=C\C=C\[C@@H]3C)[C@]54O)C[C@@H]2OC)C[C@@H]1OC. The van der Waals surface area contributed by atoms with E-state index in [0.717, 1.165) is 18.4 Å². The van der Waals surface area contributed by atoms with E-state index in [9.17, 15) is 19.8 Å². The van der Waals surface area contributed by atoms with Gasteiger partial charge in [0.2, 0.25) is 0 Å². The summed E-state index contributed by atoms with van der Waals surface area (Å²) in [7, 11) is 3.28. The normalized spacial score (nSPS) is 45.7. The van der Waals surface area contributed by atoms with Crippen LogP contribution < -0.4 is 10.6 Å². The Kier molecular flexibility index (Phi) is 17.6. The third-order valence-corrected chi connectivity index (χ3v) is 15.4. The van der Waals surface area contributed by atoms with Crippen LogP contribution in [0.1, 0.15) is 107 Å². The molecule has 16 nitrogen and oxygen atoms in total. The van der Waals surface area contributed by atoms with Gasteiger partial charge in [0.1, 0.15) is 35.9 Å². The van der Waals surface area contributed by atoms with Crippen LogP contribution in [-0.4, -0.2) is 147 Å². The number of fused-ring (bicyclic) bond motifs is 2. The monoisotopic (exact) mass is 957 g/mol. The fraction of sp³-hybridized carbons (Fsp3) is 0.769. The summed E-state index contributed by atoms with van der Waals surface area (Å²) >= 11 is 0. The highest BCUT2D eigenvalue weighted by Gasteiger charge is 2.60. The van der Waals surface area contributed by atoms with Crippen LogP contribution in [0, 0.1) is 23.7 Å². The Hall–Kier alpha value is -3.00. The molecule has 1 aliphatic carbocycles. The van der Waals surface area contributed by atoms with Crippen LogP contribution in [0.3, 0.4) is 0 Å². The number of carbonyl (C=O) groups is 2. The second-order valence-electron chi connectivity index (χ2n) is 20.4. The summed E-state index contributed by atoms with van der Waals surface area (Å²) in [4.78, 5) is 27.0. The van der Waals surface area contributed by atoms with Gasteiger partial charge in [0, 0.05) is 58.3 Å². The molecular weight excluding hydrogens is 877 g/mol. The first kappa shape index (κ1) is 52.8. The highest BCUT2D eigenvalue weighted by Crippen LogP contribution is 2.47. The number of nitrogens with one attached hydrogen (secondary N) is 2. The standard InChI is InChI=1S/C52H80N2O14/c1-12-21-53-50(57)54-43-33(8)62-41(24-39(43)59-10)66-47-34(9)63-42(25-40(47)60-11)65-45-29(4)15-14-16-35-27-61-48-44(55)32(7)22-38(52(35,48)58)49(56)64-37-23-36(18-17-30(45)5)67-51(26-37)20-19-31(6)46(68-51)28(3)13-2/h14-17,19-20,22,28-29,31,33-34,36-48,55,58H,12-13,18,21,23-27H2,1-11H3,(H2,53,54,57)/b15-14+,30-17+,35-16+/t28-,29-,31-,33-,34-,36+,37-,38-,39-,40-,41-,42-,43+,44+,45-,46+,47-,48+,51+,52+/m0/s1. The smallest absolute Gasteiger partial charge is 0.316 e. The van der Waals surface area contributed by atoms with Gasteiger partial charge >= 0.3 is 12.0 Å². The average molecular weight is 957 g/mol. The molecule has 0 radical (unpaired) electrons. The van der Waals surface area contributed by atoms with Crippen LogP contribution in [-0.2, 0) is 52.2 Å². The van der Waals surface area contributed by atoms with Crippen LogP contribution in [0.15, 0.2) is 59.3 Å². The average Bonchev–Trinajstić information content (AvgIpc) is 3.65. The van der Waals surface area contributed by atoms with Crippen molar-refractivity contribution >= 4 is 12.0 Å².